The Morgan fingerprint density at radius 2 is 2.19 bits per heavy atom. The van der Waals surface area contributed by atoms with Crippen molar-refractivity contribution in [2.75, 3.05) is 5.75 Å². The first-order chi connectivity index (χ1) is 10.3. The van der Waals surface area contributed by atoms with E-state index in [0.29, 0.717) is 12.2 Å². The topological polar surface area (TPSA) is 39.2 Å². The molecule has 21 heavy (non-hydrogen) atoms. The van der Waals surface area contributed by atoms with Crippen molar-refractivity contribution < 1.29 is 9.53 Å². The summed E-state index contributed by atoms with van der Waals surface area (Å²) in [5, 5.41) is 0. The maximum absolute atomic E-state index is 12.4. The van der Waals surface area contributed by atoms with E-state index in [-0.39, 0.29) is 11.9 Å². The summed E-state index contributed by atoms with van der Waals surface area (Å²) in [4.78, 5) is 17.8. The molecular weight excluding hydrogens is 282 g/mol. The van der Waals surface area contributed by atoms with Crippen molar-refractivity contribution in [3.63, 3.8) is 0 Å². The highest BCUT2D eigenvalue weighted by Gasteiger charge is 2.26. The number of fused-ring (bicyclic) bond motifs is 1. The zero-order chi connectivity index (χ0) is 14.7. The van der Waals surface area contributed by atoms with Crippen LogP contribution >= 0.6 is 11.8 Å². The number of nitrogens with zero attached hydrogens (tertiary/aromatic N) is 1. The van der Waals surface area contributed by atoms with Gasteiger partial charge in [-0.15, -0.1) is 11.8 Å². The number of rotatable bonds is 4. The van der Waals surface area contributed by atoms with Crippen molar-refractivity contribution in [1.82, 2.24) is 4.98 Å². The SMILES string of the molecule is CCc1ccc(CC(=O)C2CSc3ccccc3O2)nc1. The standard InChI is InChI=1S/C17H17NO2S/c1-2-12-7-8-13(18-10-12)9-14(19)16-11-21-17-6-4-3-5-15(17)20-16/h3-8,10,16H,2,9,11H2,1H3. The van der Waals surface area contributed by atoms with Gasteiger partial charge in [0.15, 0.2) is 11.9 Å². The van der Waals surface area contributed by atoms with Crippen LogP contribution in [0.4, 0.5) is 0 Å². The summed E-state index contributed by atoms with van der Waals surface area (Å²) < 4.78 is 5.81. The molecule has 1 aliphatic rings. The normalized spacial score (nSPS) is 16.9. The number of Topliss-reactive ketones (excluding diaryl/α,β-unsaturated/α-hetero) is 1. The lowest BCUT2D eigenvalue weighted by Crippen LogP contribution is -2.33. The van der Waals surface area contributed by atoms with Gasteiger partial charge < -0.3 is 4.74 Å². The molecule has 1 aromatic carbocycles. The molecule has 2 aromatic rings. The minimum absolute atomic E-state index is 0.0914. The van der Waals surface area contributed by atoms with Crippen LogP contribution in [0.2, 0.25) is 0 Å². The van der Waals surface area contributed by atoms with Crippen molar-refractivity contribution in [2.45, 2.75) is 30.8 Å². The fraction of sp³-hybridized carbons (Fsp3) is 0.294. The van der Waals surface area contributed by atoms with Gasteiger partial charge in [-0.3, -0.25) is 9.78 Å². The van der Waals surface area contributed by atoms with Gasteiger partial charge in [-0.2, -0.15) is 0 Å². The van der Waals surface area contributed by atoms with Gasteiger partial charge in [-0.25, -0.2) is 0 Å². The lowest BCUT2D eigenvalue weighted by molar-refractivity contribution is -0.124. The van der Waals surface area contributed by atoms with E-state index in [4.69, 9.17) is 4.74 Å². The third-order valence-electron chi connectivity index (χ3n) is 3.52. The van der Waals surface area contributed by atoms with Crippen LogP contribution in [-0.2, 0) is 17.6 Å². The molecule has 0 N–H and O–H groups in total. The van der Waals surface area contributed by atoms with E-state index in [1.165, 1.54) is 5.56 Å². The quantitative estimate of drug-likeness (QED) is 0.868. The molecule has 3 rings (SSSR count). The summed E-state index contributed by atoms with van der Waals surface area (Å²) >= 11 is 1.68. The van der Waals surface area contributed by atoms with Gasteiger partial charge in [0.05, 0.1) is 6.42 Å². The van der Waals surface area contributed by atoms with Crippen LogP contribution in [0.1, 0.15) is 18.2 Å². The van der Waals surface area contributed by atoms with E-state index in [1.807, 2.05) is 42.6 Å². The molecular formula is C17H17NO2S. The lowest BCUT2D eigenvalue weighted by atomic mass is 10.1. The summed E-state index contributed by atoms with van der Waals surface area (Å²) in [5.41, 5.74) is 1.99. The molecule has 0 radical (unpaired) electrons. The van der Waals surface area contributed by atoms with Crippen LogP contribution < -0.4 is 4.74 Å². The molecule has 2 heterocycles. The summed E-state index contributed by atoms with van der Waals surface area (Å²) in [7, 11) is 0. The number of ketones is 1. The van der Waals surface area contributed by atoms with Crippen molar-refractivity contribution in [3.8, 4) is 5.75 Å². The summed E-state index contributed by atoms with van der Waals surface area (Å²) in [6.45, 7) is 2.09. The Balaban J connectivity index is 1.66. The first-order valence-electron chi connectivity index (χ1n) is 7.11. The fourth-order valence-corrected chi connectivity index (χ4v) is 3.26. The molecule has 1 aromatic heterocycles. The Kier molecular flexibility index (Phi) is 4.25. The zero-order valence-electron chi connectivity index (χ0n) is 11.9. The molecule has 108 valence electrons. The number of para-hydroxylation sites is 1. The molecule has 1 aliphatic heterocycles. The number of hydrogen-bond donors (Lipinski definition) is 0. The second kappa shape index (κ2) is 6.31. The number of hydrogen-bond acceptors (Lipinski definition) is 4. The van der Waals surface area contributed by atoms with Crippen LogP contribution in [0.3, 0.4) is 0 Å². The molecule has 0 saturated carbocycles. The Bertz CT molecular complexity index is 639. The molecule has 0 amide bonds. The van der Waals surface area contributed by atoms with Gasteiger partial charge in [0.25, 0.3) is 0 Å². The third kappa shape index (κ3) is 3.27. The van der Waals surface area contributed by atoms with E-state index in [1.54, 1.807) is 11.8 Å². The minimum Gasteiger partial charge on any atom is -0.481 e. The summed E-state index contributed by atoms with van der Waals surface area (Å²) in [6, 6.07) is 11.8. The van der Waals surface area contributed by atoms with E-state index in [0.717, 1.165) is 22.8 Å². The average molecular weight is 299 g/mol. The monoisotopic (exact) mass is 299 g/mol. The van der Waals surface area contributed by atoms with Gasteiger partial charge in [-0.1, -0.05) is 25.1 Å². The number of thioether (sulfide) groups is 1. The maximum atomic E-state index is 12.4. The van der Waals surface area contributed by atoms with Gasteiger partial charge in [0.1, 0.15) is 5.75 Å². The van der Waals surface area contributed by atoms with Crippen LogP contribution in [0.5, 0.6) is 5.75 Å². The molecule has 0 aliphatic carbocycles. The maximum Gasteiger partial charge on any atom is 0.180 e. The number of carbonyl (C=O) groups is 1. The van der Waals surface area contributed by atoms with E-state index >= 15 is 0 Å². The van der Waals surface area contributed by atoms with Gasteiger partial charge >= 0.3 is 0 Å². The number of aromatic nitrogens is 1. The minimum atomic E-state index is -0.377. The molecule has 0 fully saturated rings. The molecule has 0 bridgehead atoms. The van der Waals surface area contributed by atoms with Crippen molar-refractivity contribution in [2.24, 2.45) is 0 Å². The van der Waals surface area contributed by atoms with E-state index in [9.17, 15) is 4.79 Å². The van der Waals surface area contributed by atoms with Crippen molar-refractivity contribution >= 4 is 17.5 Å². The molecule has 0 saturated heterocycles. The van der Waals surface area contributed by atoms with E-state index < -0.39 is 0 Å². The van der Waals surface area contributed by atoms with Gasteiger partial charge in [-0.05, 0) is 30.2 Å². The Hall–Kier alpha value is -1.81. The fourth-order valence-electron chi connectivity index (χ4n) is 2.24. The second-order valence-corrected chi connectivity index (χ2v) is 6.08. The second-order valence-electron chi connectivity index (χ2n) is 5.02. The number of aryl methyl sites for hydroxylation is 1. The summed E-state index contributed by atoms with van der Waals surface area (Å²) in [5.74, 6) is 1.57. The first kappa shape index (κ1) is 14.1. The van der Waals surface area contributed by atoms with E-state index in [2.05, 4.69) is 11.9 Å². The Labute approximate surface area is 128 Å². The highest BCUT2D eigenvalue weighted by Crippen LogP contribution is 2.35. The van der Waals surface area contributed by atoms with Gasteiger partial charge in [0.2, 0.25) is 0 Å². The highest BCUT2D eigenvalue weighted by atomic mass is 32.2. The first-order valence-corrected chi connectivity index (χ1v) is 8.10. The van der Waals surface area contributed by atoms with Crippen molar-refractivity contribution in [3.05, 3.63) is 53.9 Å². The average Bonchev–Trinajstić information content (AvgIpc) is 2.55. The van der Waals surface area contributed by atoms with Crippen LogP contribution in [0.15, 0.2) is 47.5 Å². The molecule has 1 atom stereocenters. The Morgan fingerprint density at radius 1 is 1.33 bits per heavy atom. The molecule has 3 nitrogen and oxygen atoms in total. The molecule has 0 spiro atoms. The molecule has 4 heteroatoms. The van der Waals surface area contributed by atoms with Crippen LogP contribution in [-0.4, -0.2) is 22.6 Å². The zero-order valence-corrected chi connectivity index (χ0v) is 12.7. The smallest absolute Gasteiger partial charge is 0.180 e. The summed E-state index contributed by atoms with van der Waals surface area (Å²) in [6.07, 6.45) is 2.75. The molecule has 1 unspecified atom stereocenters. The van der Waals surface area contributed by atoms with Crippen LogP contribution in [0.25, 0.3) is 0 Å². The number of benzene rings is 1. The predicted molar refractivity (Wildman–Crippen MR) is 83.9 cm³/mol. The Morgan fingerprint density at radius 3 is 2.95 bits per heavy atom. The highest BCUT2D eigenvalue weighted by molar-refractivity contribution is 7.99. The van der Waals surface area contributed by atoms with Gasteiger partial charge in [0, 0.05) is 22.5 Å². The van der Waals surface area contributed by atoms with Crippen molar-refractivity contribution in [1.29, 1.82) is 0 Å². The largest absolute Gasteiger partial charge is 0.481 e. The number of carbonyl (C=O) groups excluding carboxylic acids is 1. The number of ether oxygens (including phenoxy) is 1. The van der Waals surface area contributed by atoms with Crippen LogP contribution in [0, 0.1) is 0 Å². The predicted octanol–water partition coefficient (Wildman–Crippen LogP) is 3.31. The third-order valence-corrected chi connectivity index (χ3v) is 4.63. The number of pyridine rings is 1. The lowest BCUT2D eigenvalue weighted by Gasteiger charge is -2.24.